The van der Waals surface area contributed by atoms with E-state index in [-0.39, 0.29) is 35.5 Å². The molecule has 0 radical (unpaired) electrons. The predicted molar refractivity (Wildman–Crippen MR) is 71.1 cm³/mol. The van der Waals surface area contributed by atoms with Crippen LogP contribution in [0, 0.1) is 6.92 Å². The third kappa shape index (κ3) is 3.96. The number of benzene rings is 1. The summed E-state index contributed by atoms with van der Waals surface area (Å²) in [6.45, 7) is 2.05. The van der Waals surface area contributed by atoms with Gasteiger partial charge in [0, 0.05) is 18.2 Å². The van der Waals surface area contributed by atoms with Crippen LogP contribution in [0.15, 0.2) is 36.5 Å². The minimum absolute atomic E-state index is 0. The summed E-state index contributed by atoms with van der Waals surface area (Å²) in [4.78, 5) is 0. The van der Waals surface area contributed by atoms with E-state index >= 15 is 0 Å². The van der Waals surface area contributed by atoms with E-state index in [4.69, 9.17) is 0 Å². The number of phenolic OH excluding ortho intramolecular Hbond substituents is 2. The van der Waals surface area contributed by atoms with Crippen LogP contribution < -0.4 is 28.5 Å². The number of phenols is 2. The zero-order valence-corrected chi connectivity index (χ0v) is 13.0. The molecule has 2 rings (SSSR count). The van der Waals surface area contributed by atoms with Gasteiger partial charge in [0.15, 0.2) is 17.7 Å². The lowest BCUT2D eigenvalue weighted by atomic mass is 10.1. The van der Waals surface area contributed by atoms with E-state index in [1.165, 1.54) is 17.7 Å². The molecule has 1 aromatic heterocycles. The SMILES string of the molecule is Cc1cc[n+](C)c(/C=C/c2ccc(O)c(O)c2)c1.[I-]. The first kappa shape index (κ1) is 15.5. The van der Waals surface area contributed by atoms with Crippen LogP contribution in [0.4, 0.5) is 0 Å². The van der Waals surface area contributed by atoms with Crippen LogP contribution in [0.3, 0.4) is 0 Å². The first-order valence-corrected chi connectivity index (χ1v) is 5.72. The van der Waals surface area contributed by atoms with Gasteiger partial charge in [0.05, 0.1) is 0 Å². The number of pyridine rings is 1. The van der Waals surface area contributed by atoms with Crippen LogP contribution >= 0.6 is 0 Å². The average Bonchev–Trinajstić information content (AvgIpc) is 2.34. The molecular weight excluding hydrogens is 353 g/mol. The molecule has 0 saturated heterocycles. The molecule has 2 aromatic rings. The highest BCUT2D eigenvalue weighted by Crippen LogP contribution is 2.25. The second-order valence-corrected chi connectivity index (χ2v) is 4.32. The van der Waals surface area contributed by atoms with Crippen molar-refractivity contribution in [2.24, 2.45) is 7.05 Å². The summed E-state index contributed by atoms with van der Waals surface area (Å²) in [6.07, 6.45) is 5.87. The molecule has 0 bridgehead atoms. The molecule has 0 aliphatic heterocycles. The summed E-state index contributed by atoms with van der Waals surface area (Å²) in [5, 5.41) is 18.6. The van der Waals surface area contributed by atoms with Crippen molar-refractivity contribution in [2.45, 2.75) is 6.92 Å². The molecule has 1 aromatic carbocycles. The number of nitrogens with zero attached hydrogens (tertiary/aromatic N) is 1. The maximum atomic E-state index is 9.41. The molecular formula is C15H16INO2. The number of hydrogen-bond donors (Lipinski definition) is 2. The van der Waals surface area contributed by atoms with Gasteiger partial charge in [-0.2, -0.15) is 0 Å². The van der Waals surface area contributed by atoms with Crippen molar-refractivity contribution in [3.05, 3.63) is 53.3 Å². The Morgan fingerprint density at radius 2 is 1.74 bits per heavy atom. The molecule has 0 unspecified atom stereocenters. The van der Waals surface area contributed by atoms with Gasteiger partial charge in [0.1, 0.15) is 7.05 Å². The molecule has 0 atom stereocenters. The van der Waals surface area contributed by atoms with Crippen LogP contribution in [-0.4, -0.2) is 10.2 Å². The molecule has 0 fully saturated rings. The number of aryl methyl sites for hydroxylation is 2. The second kappa shape index (κ2) is 6.56. The highest BCUT2D eigenvalue weighted by atomic mass is 127. The van der Waals surface area contributed by atoms with Gasteiger partial charge in [0.2, 0.25) is 5.69 Å². The minimum atomic E-state index is -0.106. The van der Waals surface area contributed by atoms with E-state index in [9.17, 15) is 10.2 Å². The van der Waals surface area contributed by atoms with Crippen molar-refractivity contribution < 1.29 is 38.8 Å². The molecule has 0 spiro atoms. The second-order valence-electron chi connectivity index (χ2n) is 4.32. The lowest BCUT2D eigenvalue weighted by Gasteiger charge is -1.99. The molecule has 0 aliphatic rings. The smallest absolute Gasteiger partial charge is 0.205 e. The highest BCUT2D eigenvalue weighted by Gasteiger charge is 2.02. The van der Waals surface area contributed by atoms with Gasteiger partial charge in [-0.1, -0.05) is 6.07 Å². The Labute approximate surface area is 129 Å². The molecule has 0 saturated carbocycles. The molecule has 2 N–H and O–H groups in total. The Morgan fingerprint density at radius 1 is 1.00 bits per heavy atom. The van der Waals surface area contributed by atoms with Crippen molar-refractivity contribution in [1.82, 2.24) is 0 Å². The van der Waals surface area contributed by atoms with Gasteiger partial charge in [-0.05, 0) is 36.3 Å². The Morgan fingerprint density at radius 3 is 2.42 bits per heavy atom. The first-order chi connectivity index (χ1) is 8.56. The Hall–Kier alpha value is -1.56. The van der Waals surface area contributed by atoms with E-state index in [0.717, 1.165) is 11.3 Å². The van der Waals surface area contributed by atoms with Gasteiger partial charge in [-0.25, -0.2) is 4.57 Å². The zero-order valence-electron chi connectivity index (χ0n) is 10.8. The fourth-order valence-corrected chi connectivity index (χ4v) is 1.69. The third-order valence-corrected chi connectivity index (χ3v) is 2.79. The van der Waals surface area contributed by atoms with Gasteiger partial charge in [-0.15, -0.1) is 0 Å². The standard InChI is InChI=1S/C15H15NO2.HI/c1-11-7-8-16(2)13(9-11)5-3-12-4-6-14(17)15(18)10-12;/h3-10,18H,1-2H3;1H. The fraction of sp³-hybridized carbons (Fsp3) is 0.133. The van der Waals surface area contributed by atoms with E-state index in [1.54, 1.807) is 6.07 Å². The number of halogens is 1. The van der Waals surface area contributed by atoms with Crippen molar-refractivity contribution in [1.29, 1.82) is 0 Å². The highest BCUT2D eigenvalue weighted by molar-refractivity contribution is 5.68. The Balaban J connectivity index is 0.00000180. The van der Waals surface area contributed by atoms with E-state index in [0.29, 0.717) is 0 Å². The van der Waals surface area contributed by atoms with Crippen molar-refractivity contribution in [2.75, 3.05) is 0 Å². The van der Waals surface area contributed by atoms with Gasteiger partial charge < -0.3 is 34.2 Å². The van der Waals surface area contributed by atoms with Crippen molar-refractivity contribution in [3.8, 4) is 11.5 Å². The number of aromatic hydroxyl groups is 2. The summed E-state index contributed by atoms with van der Waals surface area (Å²) in [7, 11) is 1.98. The molecule has 3 nitrogen and oxygen atoms in total. The van der Waals surface area contributed by atoms with E-state index in [2.05, 4.69) is 6.07 Å². The van der Waals surface area contributed by atoms with Crippen LogP contribution in [0.5, 0.6) is 11.5 Å². The van der Waals surface area contributed by atoms with E-state index in [1.807, 2.05) is 43.0 Å². The van der Waals surface area contributed by atoms with Crippen LogP contribution in [0.2, 0.25) is 0 Å². The molecule has 0 aliphatic carbocycles. The van der Waals surface area contributed by atoms with Crippen molar-refractivity contribution in [3.63, 3.8) is 0 Å². The van der Waals surface area contributed by atoms with Crippen LogP contribution in [0.25, 0.3) is 12.2 Å². The monoisotopic (exact) mass is 369 g/mol. The zero-order chi connectivity index (χ0) is 13.1. The quantitative estimate of drug-likeness (QED) is 0.422. The minimum Gasteiger partial charge on any atom is -1.00 e. The maximum absolute atomic E-state index is 9.41. The molecule has 0 amide bonds. The molecule has 4 heteroatoms. The maximum Gasteiger partial charge on any atom is 0.205 e. The Bertz CT molecular complexity index is 609. The topological polar surface area (TPSA) is 44.3 Å². The largest absolute Gasteiger partial charge is 1.00 e. The normalized spacial score (nSPS) is 10.4. The predicted octanol–water partition coefficient (Wildman–Crippen LogP) is -0.595. The molecule has 1 heterocycles. The number of aromatic nitrogens is 1. The van der Waals surface area contributed by atoms with Crippen LogP contribution in [-0.2, 0) is 7.05 Å². The number of hydrogen-bond acceptors (Lipinski definition) is 2. The first-order valence-electron chi connectivity index (χ1n) is 5.72. The van der Waals surface area contributed by atoms with Gasteiger partial charge >= 0.3 is 0 Å². The lowest BCUT2D eigenvalue weighted by Crippen LogP contribution is -3.00. The fourth-order valence-electron chi connectivity index (χ4n) is 1.69. The summed E-state index contributed by atoms with van der Waals surface area (Å²) in [5.74, 6) is -0.209. The summed E-state index contributed by atoms with van der Waals surface area (Å²) >= 11 is 0. The lowest BCUT2D eigenvalue weighted by molar-refractivity contribution is -0.673. The third-order valence-electron chi connectivity index (χ3n) is 2.79. The summed E-state index contributed by atoms with van der Waals surface area (Å²) < 4.78 is 2.02. The summed E-state index contributed by atoms with van der Waals surface area (Å²) in [5.41, 5.74) is 3.11. The van der Waals surface area contributed by atoms with Gasteiger partial charge in [-0.3, -0.25) is 0 Å². The van der Waals surface area contributed by atoms with Crippen LogP contribution in [0.1, 0.15) is 16.8 Å². The molecule has 19 heavy (non-hydrogen) atoms. The summed E-state index contributed by atoms with van der Waals surface area (Å²) in [6, 6.07) is 8.88. The van der Waals surface area contributed by atoms with Gasteiger partial charge in [0.25, 0.3) is 0 Å². The average molecular weight is 369 g/mol. The van der Waals surface area contributed by atoms with Crippen molar-refractivity contribution >= 4 is 12.2 Å². The Kier molecular flexibility index (Phi) is 5.35. The van der Waals surface area contributed by atoms with E-state index < -0.39 is 0 Å². The molecule has 100 valence electrons. The number of rotatable bonds is 2.